The van der Waals surface area contributed by atoms with E-state index in [-0.39, 0.29) is 5.91 Å². The second-order valence-corrected chi connectivity index (χ2v) is 3.17. The maximum atomic E-state index is 11.2. The summed E-state index contributed by atoms with van der Waals surface area (Å²) in [7, 11) is 0. The molecule has 1 aromatic rings. The molecule has 1 unspecified atom stereocenters. The largest absolute Gasteiger partial charge is 0.324 e. The van der Waals surface area contributed by atoms with E-state index in [0.717, 1.165) is 11.3 Å². The zero-order chi connectivity index (χ0) is 9.42. The smallest absolute Gasteiger partial charge is 0.241 e. The van der Waals surface area contributed by atoms with Crippen LogP contribution in [0.2, 0.25) is 0 Å². The number of carbonyl (C=O) groups is 1. The number of fused-ring (bicyclic) bond motifs is 1. The number of hydrogen-bond donors (Lipinski definition) is 2. The van der Waals surface area contributed by atoms with Crippen LogP contribution in [0.1, 0.15) is 11.1 Å². The Bertz CT molecular complexity index is 360. The van der Waals surface area contributed by atoms with E-state index in [2.05, 4.69) is 5.32 Å². The number of carbonyl (C=O) groups excluding carboxylic acids is 1. The normalized spacial score (nSPS) is 20.8. The standard InChI is InChI=1S/C10H10N2O/c1-6-3-2-4-9-7(6)5-8(11)10(13)12-9/h1-4,8H,5,11H2,(H,12,13). The maximum Gasteiger partial charge on any atom is 0.241 e. The van der Waals surface area contributed by atoms with Crippen LogP contribution in [0.4, 0.5) is 5.69 Å². The zero-order valence-corrected chi connectivity index (χ0v) is 7.08. The lowest BCUT2D eigenvalue weighted by Crippen LogP contribution is -2.41. The first-order valence-corrected chi connectivity index (χ1v) is 4.12. The van der Waals surface area contributed by atoms with Crippen molar-refractivity contribution >= 4 is 11.6 Å². The summed E-state index contributed by atoms with van der Waals surface area (Å²) in [6, 6.07) is 4.97. The van der Waals surface area contributed by atoms with E-state index in [0.29, 0.717) is 12.0 Å². The van der Waals surface area contributed by atoms with Crippen LogP contribution in [0.25, 0.3) is 0 Å². The van der Waals surface area contributed by atoms with Crippen LogP contribution in [0.15, 0.2) is 18.2 Å². The minimum Gasteiger partial charge on any atom is -0.324 e. The van der Waals surface area contributed by atoms with Crippen molar-refractivity contribution in [3.8, 4) is 0 Å². The fraction of sp³-hybridized carbons (Fsp3) is 0.200. The van der Waals surface area contributed by atoms with Crippen molar-refractivity contribution in [2.24, 2.45) is 5.73 Å². The van der Waals surface area contributed by atoms with Gasteiger partial charge in [0.05, 0.1) is 6.04 Å². The molecular weight excluding hydrogens is 164 g/mol. The van der Waals surface area contributed by atoms with Crippen molar-refractivity contribution in [1.82, 2.24) is 0 Å². The van der Waals surface area contributed by atoms with Gasteiger partial charge in [-0.05, 0) is 30.5 Å². The van der Waals surface area contributed by atoms with Gasteiger partial charge >= 0.3 is 0 Å². The van der Waals surface area contributed by atoms with Gasteiger partial charge in [0.2, 0.25) is 5.91 Å². The first kappa shape index (κ1) is 8.26. The van der Waals surface area contributed by atoms with Gasteiger partial charge in [-0.15, -0.1) is 0 Å². The second kappa shape index (κ2) is 2.85. The molecule has 0 aliphatic carbocycles. The molecule has 0 saturated heterocycles. The fourth-order valence-corrected chi connectivity index (χ4v) is 1.49. The van der Waals surface area contributed by atoms with Gasteiger partial charge in [-0.1, -0.05) is 12.1 Å². The third-order valence-corrected chi connectivity index (χ3v) is 2.23. The molecule has 0 saturated carbocycles. The third kappa shape index (κ3) is 1.31. The number of amides is 1. The molecule has 1 heterocycles. The second-order valence-electron chi connectivity index (χ2n) is 3.17. The van der Waals surface area contributed by atoms with Crippen LogP contribution in [0, 0.1) is 6.92 Å². The summed E-state index contributed by atoms with van der Waals surface area (Å²) in [5.74, 6) is -0.141. The Hall–Kier alpha value is -1.35. The highest BCUT2D eigenvalue weighted by Gasteiger charge is 2.23. The predicted molar refractivity (Wildman–Crippen MR) is 50.2 cm³/mol. The highest BCUT2D eigenvalue weighted by Crippen LogP contribution is 2.24. The van der Waals surface area contributed by atoms with Crippen molar-refractivity contribution < 1.29 is 4.79 Å². The predicted octanol–water partition coefficient (Wildman–Crippen LogP) is 0.568. The van der Waals surface area contributed by atoms with E-state index in [1.54, 1.807) is 0 Å². The van der Waals surface area contributed by atoms with Crippen LogP contribution < -0.4 is 11.1 Å². The molecule has 66 valence electrons. The number of nitrogens with one attached hydrogen (secondary N) is 1. The van der Waals surface area contributed by atoms with Crippen LogP contribution >= 0.6 is 0 Å². The summed E-state index contributed by atoms with van der Waals surface area (Å²) in [4.78, 5) is 11.2. The van der Waals surface area contributed by atoms with Crippen LogP contribution in [-0.2, 0) is 11.2 Å². The van der Waals surface area contributed by atoms with E-state index in [1.165, 1.54) is 0 Å². The lowest BCUT2D eigenvalue weighted by atomic mass is 9.95. The van der Waals surface area contributed by atoms with Gasteiger partial charge < -0.3 is 11.1 Å². The Morgan fingerprint density at radius 2 is 2.31 bits per heavy atom. The highest BCUT2D eigenvalue weighted by molar-refractivity contribution is 5.98. The Labute approximate surface area is 76.9 Å². The molecule has 3 nitrogen and oxygen atoms in total. The fourth-order valence-electron chi connectivity index (χ4n) is 1.49. The van der Waals surface area contributed by atoms with Gasteiger partial charge in [0.15, 0.2) is 0 Å². The van der Waals surface area contributed by atoms with Crippen LogP contribution in [0.3, 0.4) is 0 Å². The molecule has 0 aromatic heterocycles. The first-order valence-electron chi connectivity index (χ1n) is 4.12. The van der Waals surface area contributed by atoms with E-state index in [4.69, 9.17) is 12.7 Å². The summed E-state index contributed by atoms with van der Waals surface area (Å²) < 4.78 is 0. The molecule has 3 N–H and O–H groups in total. The topological polar surface area (TPSA) is 55.1 Å². The average Bonchev–Trinajstić information content (AvgIpc) is 2.09. The maximum absolute atomic E-state index is 11.2. The molecule has 1 aromatic carbocycles. The molecule has 13 heavy (non-hydrogen) atoms. The first-order chi connectivity index (χ1) is 6.18. The molecular formula is C10H10N2O. The number of rotatable bonds is 0. The molecule has 0 spiro atoms. The molecule has 0 fully saturated rings. The van der Waals surface area contributed by atoms with Gasteiger partial charge in [0.25, 0.3) is 0 Å². The minimum atomic E-state index is -0.475. The Morgan fingerprint density at radius 3 is 3.08 bits per heavy atom. The average molecular weight is 174 g/mol. The van der Waals surface area contributed by atoms with Crippen molar-refractivity contribution in [2.75, 3.05) is 5.32 Å². The summed E-state index contributed by atoms with van der Waals surface area (Å²) in [6.07, 6.45) is 0.522. The minimum absolute atomic E-state index is 0.141. The van der Waals surface area contributed by atoms with E-state index in [1.807, 2.05) is 18.2 Å². The number of nitrogens with two attached hydrogens (primary N) is 1. The number of anilines is 1. The van der Waals surface area contributed by atoms with Crippen molar-refractivity contribution in [3.05, 3.63) is 36.2 Å². The zero-order valence-electron chi connectivity index (χ0n) is 7.08. The van der Waals surface area contributed by atoms with Crippen molar-refractivity contribution in [3.63, 3.8) is 0 Å². The summed E-state index contributed by atoms with van der Waals surface area (Å²) in [6.45, 7) is 5.74. The number of hydrogen-bond acceptors (Lipinski definition) is 2. The SMILES string of the molecule is [CH]c1cccc2c1CC(N)C(=O)N2. The summed E-state index contributed by atoms with van der Waals surface area (Å²) in [5.41, 5.74) is 8.01. The molecule has 3 heteroatoms. The van der Waals surface area contributed by atoms with Gasteiger partial charge in [-0.3, -0.25) is 4.79 Å². The van der Waals surface area contributed by atoms with Crippen LogP contribution in [-0.4, -0.2) is 11.9 Å². The molecule has 2 radical (unpaired) electrons. The molecule has 1 atom stereocenters. The third-order valence-electron chi connectivity index (χ3n) is 2.23. The van der Waals surface area contributed by atoms with E-state index in [9.17, 15) is 4.79 Å². The van der Waals surface area contributed by atoms with Gasteiger partial charge in [-0.25, -0.2) is 0 Å². The quantitative estimate of drug-likeness (QED) is 0.604. The molecule has 2 rings (SSSR count). The number of benzene rings is 1. The molecule has 0 bridgehead atoms. The van der Waals surface area contributed by atoms with Gasteiger partial charge in [0.1, 0.15) is 0 Å². The lowest BCUT2D eigenvalue weighted by Gasteiger charge is -2.22. The van der Waals surface area contributed by atoms with E-state index >= 15 is 0 Å². The van der Waals surface area contributed by atoms with Gasteiger partial charge in [-0.2, -0.15) is 0 Å². The lowest BCUT2D eigenvalue weighted by molar-refractivity contribution is -0.117. The molecule has 1 aliphatic rings. The molecule has 1 aliphatic heterocycles. The van der Waals surface area contributed by atoms with Crippen molar-refractivity contribution in [2.45, 2.75) is 12.5 Å². The van der Waals surface area contributed by atoms with Gasteiger partial charge in [0, 0.05) is 5.69 Å². The van der Waals surface area contributed by atoms with E-state index < -0.39 is 6.04 Å². The summed E-state index contributed by atoms with van der Waals surface area (Å²) >= 11 is 0. The Balaban J connectivity index is 2.48. The van der Waals surface area contributed by atoms with Crippen LogP contribution in [0.5, 0.6) is 0 Å². The molecule has 1 amide bonds. The highest BCUT2D eigenvalue weighted by atomic mass is 16.2. The Kier molecular flexibility index (Phi) is 1.81. The summed E-state index contributed by atoms with van der Waals surface area (Å²) in [5, 5.41) is 2.71. The monoisotopic (exact) mass is 174 g/mol. The Morgan fingerprint density at radius 1 is 1.54 bits per heavy atom. The van der Waals surface area contributed by atoms with Crippen molar-refractivity contribution in [1.29, 1.82) is 0 Å².